The Bertz CT molecular complexity index is 1190. The molecule has 0 aliphatic carbocycles. The van der Waals surface area contributed by atoms with E-state index in [1.54, 1.807) is 42.5 Å². The number of carbonyl (C=O) groups excluding carboxylic acids is 2. The molecule has 3 aromatic rings. The fourth-order valence-corrected chi connectivity index (χ4v) is 3.77. The summed E-state index contributed by atoms with van der Waals surface area (Å²) in [6, 6.07) is 19.4. The molecule has 0 fully saturated rings. The summed E-state index contributed by atoms with van der Waals surface area (Å²) < 4.78 is 11.3. The summed E-state index contributed by atoms with van der Waals surface area (Å²) in [4.78, 5) is 29.4. The first kappa shape index (κ1) is 28.3. The second-order valence-corrected chi connectivity index (χ2v) is 8.79. The number of ether oxygens (including phenoxy) is 2. The van der Waals surface area contributed by atoms with Crippen LogP contribution in [0.5, 0.6) is 17.2 Å². The van der Waals surface area contributed by atoms with E-state index in [1.807, 2.05) is 43.3 Å². The number of methoxy groups -OCH3 is 1. The average molecular weight is 520 g/mol. The predicted octanol–water partition coefficient (Wildman–Crippen LogP) is 5.27. The molecular formula is C29H37N5O4. The van der Waals surface area contributed by atoms with E-state index < -0.39 is 6.03 Å². The van der Waals surface area contributed by atoms with Gasteiger partial charge >= 0.3 is 6.03 Å². The molecule has 3 amide bonds. The van der Waals surface area contributed by atoms with Gasteiger partial charge in [-0.15, -0.1) is 0 Å². The number of hydrogen-bond acceptors (Lipinski definition) is 6. The van der Waals surface area contributed by atoms with Crippen LogP contribution < -0.4 is 30.3 Å². The third-order valence-electron chi connectivity index (χ3n) is 6.01. The summed E-state index contributed by atoms with van der Waals surface area (Å²) in [6.07, 6.45) is 0. The first-order chi connectivity index (χ1) is 18.3. The summed E-state index contributed by atoms with van der Waals surface area (Å²) in [5.41, 5.74) is 2.60. The first-order valence-corrected chi connectivity index (χ1v) is 12.6. The van der Waals surface area contributed by atoms with Crippen LogP contribution in [-0.2, 0) is 0 Å². The van der Waals surface area contributed by atoms with Gasteiger partial charge in [0.05, 0.1) is 12.7 Å². The van der Waals surface area contributed by atoms with Gasteiger partial charge in [-0.2, -0.15) is 0 Å². The summed E-state index contributed by atoms with van der Waals surface area (Å²) in [5, 5.41) is 8.48. The number of carbonyl (C=O) groups is 2. The number of anilines is 3. The molecule has 9 heteroatoms. The quantitative estimate of drug-likeness (QED) is 0.302. The maximum atomic E-state index is 12.6. The third kappa shape index (κ3) is 8.14. The molecule has 38 heavy (non-hydrogen) atoms. The van der Waals surface area contributed by atoms with Crippen LogP contribution in [0.2, 0.25) is 0 Å². The van der Waals surface area contributed by atoms with E-state index in [2.05, 4.69) is 34.7 Å². The van der Waals surface area contributed by atoms with Crippen molar-refractivity contribution in [1.29, 1.82) is 0 Å². The van der Waals surface area contributed by atoms with Crippen LogP contribution in [0.15, 0.2) is 66.7 Å². The molecule has 0 atom stereocenters. The van der Waals surface area contributed by atoms with E-state index in [9.17, 15) is 9.59 Å². The van der Waals surface area contributed by atoms with Crippen LogP contribution in [0.4, 0.5) is 21.9 Å². The second kappa shape index (κ2) is 13.9. The predicted molar refractivity (Wildman–Crippen MR) is 153 cm³/mol. The summed E-state index contributed by atoms with van der Waals surface area (Å²) in [6.45, 7) is 7.36. The molecule has 3 N–H and O–H groups in total. The SMILES string of the molecule is CCN(CC)CCNC(=O)c1ccc(NC(=O)Nc2ccc(Oc3ccc(N(C)C)cc3)cc2)cc1OC. The Morgan fingerprint density at radius 3 is 1.97 bits per heavy atom. The summed E-state index contributed by atoms with van der Waals surface area (Å²) in [7, 11) is 5.46. The smallest absolute Gasteiger partial charge is 0.323 e. The normalized spacial score (nSPS) is 10.6. The maximum absolute atomic E-state index is 12.6. The van der Waals surface area contributed by atoms with Gasteiger partial charge in [0.25, 0.3) is 5.91 Å². The number of nitrogens with zero attached hydrogens (tertiary/aromatic N) is 2. The minimum atomic E-state index is -0.420. The minimum Gasteiger partial charge on any atom is -0.496 e. The second-order valence-electron chi connectivity index (χ2n) is 8.79. The van der Waals surface area contributed by atoms with Gasteiger partial charge in [0.2, 0.25) is 0 Å². The van der Waals surface area contributed by atoms with Crippen LogP contribution in [0, 0.1) is 0 Å². The zero-order valence-electron chi connectivity index (χ0n) is 22.7. The van der Waals surface area contributed by atoms with Crippen molar-refractivity contribution < 1.29 is 19.1 Å². The lowest BCUT2D eigenvalue weighted by Crippen LogP contribution is -2.34. The Balaban J connectivity index is 1.54. The zero-order valence-corrected chi connectivity index (χ0v) is 22.7. The molecule has 0 bridgehead atoms. The van der Waals surface area contributed by atoms with Crippen LogP contribution in [0.3, 0.4) is 0 Å². The minimum absolute atomic E-state index is 0.221. The Hall–Kier alpha value is -4.24. The van der Waals surface area contributed by atoms with Crippen molar-refractivity contribution in [3.05, 3.63) is 72.3 Å². The highest BCUT2D eigenvalue weighted by Crippen LogP contribution is 2.26. The van der Waals surface area contributed by atoms with E-state index in [1.165, 1.54) is 7.11 Å². The monoisotopic (exact) mass is 519 g/mol. The number of hydrogen-bond donors (Lipinski definition) is 3. The molecule has 3 rings (SSSR count). The summed E-state index contributed by atoms with van der Waals surface area (Å²) in [5.74, 6) is 1.54. The first-order valence-electron chi connectivity index (χ1n) is 12.6. The molecule has 0 aliphatic heterocycles. The Morgan fingerprint density at radius 2 is 1.39 bits per heavy atom. The highest BCUT2D eigenvalue weighted by atomic mass is 16.5. The Labute approximate surface area is 224 Å². The topological polar surface area (TPSA) is 95.2 Å². The number of benzene rings is 3. The van der Waals surface area contributed by atoms with Crippen molar-refractivity contribution in [2.45, 2.75) is 13.8 Å². The number of rotatable bonds is 12. The van der Waals surface area contributed by atoms with Crippen molar-refractivity contribution in [2.24, 2.45) is 0 Å². The third-order valence-corrected chi connectivity index (χ3v) is 6.01. The molecule has 0 aromatic heterocycles. The van der Waals surface area contributed by atoms with Crippen LogP contribution in [0.1, 0.15) is 24.2 Å². The zero-order chi connectivity index (χ0) is 27.5. The molecule has 0 aliphatic rings. The van der Waals surface area contributed by atoms with E-state index >= 15 is 0 Å². The van der Waals surface area contributed by atoms with Gasteiger partial charge in [-0.3, -0.25) is 4.79 Å². The molecule has 9 nitrogen and oxygen atoms in total. The average Bonchev–Trinajstić information content (AvgIpc) is 2.92. The van der Waals surface area contributed by atoms with Crippen molar-refractivity contribution in [2.75, 3.05) is 62.9 Å². The van der Waals surface area contributed by atoms with Gasteiger partial charge < -0.3 is 35.2 Å². The fourth-order valence-electron chi connectivity index (χ4n) is 3.77. The van der Waals surface area contributed by atoms with Gasteiger partial charge in [-0.05, 0) is 73.8 Å². The molecule has 0 radical (unpaired) electrons. The van der Waals surface area contributed by atoms with Gasteiger partial charge in [0, 0.05) is 50.3 Å². The molecule has 0 spiro atoms. The molecular weight excluding hydrogens is 482 g/mol. The van der Waals surface area contributed by atoms with Crippen molar-refractivity contribution in [1.82, 2.24) is 10.2 Å². The van der Waals surface area contributed by atoms with E-state index in [0.717, 1.165) is 31.1 Å². The lowest BCUT2D eigenvalue weighted by Gasteiger charge is -2.18. The maximum Gasteiger partial charge on any atom is 0.323 e. The molecule has 0 heterocycles. The van der Waals surface area contributed by atoms with Crippen LogP contribution in [0.25, 0.3) is 0 Å². The lowest BCUT2D eigenvalue weighted by molar-refractivity contribution is 0.0946. The molecule has 3 aromatic carbocycles. The van der Waals surface area contributed by atoms with Crippen molar-refractivity contribution in [3.63, 3.8) is 0 Å². The molecule has 0 saturated carbocycles. The Morgan fingerprint density at radius 1 is 0.816 bits per heavy atom. The highest BCUT2D eigenvalue weighted by molar-refractivity contribution is 6.01. The number of likely N-dealkylation sites (N-methyl/N-ethyl adjacent to an activating group) is 1. The molecule has 0 saturated heterocycles. The van der Waals surface area contributed by atoms with Gasteiger partial charge in [-0.25, -0.2) is 4.79 Å². The van der Waals surface area contributed by atoms with E-state index in [-0.39, 0.29) is 5.91 Å². The van der Waals surface area contributed by atoms with Gasteiger partial charge in [0.15, 0.2) is 0 Å². The van der Waals surface area contributed by atoms with Crippen molar-refractivity contribution >= 4 is 29.0 Å². The van der Waals surface area contributed by atoms with Gasteiger partial charge in [-0.1, -0.05) is 13.8 Å². The summed E-state index contributed by atoms with van der Waals surface area (Å²) >= 11 is 0. The number of nitrogens with one attached hydrogen (secondary N) is 3. The van der Waals surface area contributed by atoms with Crippen LogP contribution in [-0.4, -0.2) is 64.2 Å². The molecule has 0 unspecified atom stereocenters. The van der Waals surface area contributed by atoms with Crippen molar-refractivity contribution in [3.8, 4) is 17.2 Å². The van der Waals surface area contributed by atoms with Crippen LogP contribution >= 0.6 is 0 Å². The molecule has 202 valence electrons. The lowest BCUT2D eigenvalue weighted by atomic mass is 10.1. The number of amides is 3. The largest absolute Gasteiger partial charge is 0.496 e. The highest BCUT2D eigenvalue weighted by Gasteiger charge is 2.14. The fraction of sp³-hybridized carbons (Fsp3) is 0.310. The standard InChI is InChI=1S/C29H37N5O4/c1-6-34(7-2)19-18-30-28(35)26-17-10-22(20-27(26)37-5)32-29(36)31-21-8-13-24(14-9-21)38-25-15-11-23(12-16-25)33(3)4/h8-17,20H,6-7,18-19H2,1-5H3,(H,30,35)(H2,31,32,36). The van der Waals surface area contributed by atoms with E-state index in [4.69, 9.17) is 9.47 Å². The van der Waals surface area contributed by atoms with E-state index in [0.29, 0.717) is 35.0 Å². The van der Waals surface area contributed by atoms with Gasteiger partial charge in [0.1, 0.15) is 17.2 Å². The Kier molecular flexibility index (Phi) is 10.4. The number of urea groups is 1.